The standard InChI is InChI=1S/C7H8O5/c1-4(7(11)12)2-5(8)3-6(9)10/h2-3,8H,1H3,(H,9,10)(H,11,12)/b4-2-,5-3+. The molecule has 0 radical (unpaired) electrons. The monoisotopic (exact) mass is 172 g/mol. The molecule has 0 aliphatic heterocycles. The van der Waals surface area contributed by atoms with E-state index in [0.29, 0.717) is 6.08 Å². The molecule has 0 amide bonds. The first-order chi connectivity index (χ1) is 5.43. The summed E-state index contributed by atoms with van der Waals surface area (Å²) in [7, 11) is 0. The van der Waals surface area contributed by atoms with Crippen LogP contribution in [0.5, 0.6) is 0 Å². The lowest BCUT2D eigenvalue weighted by atomic mass is 10.2. The number of aliphatic hydroxyl groups excluding tert-OH is 1. The average molecular weight is 172 g/mol. The maximum Gasteiger partial charge on any atom is 0.332 e. The molecule has 0 saturated heterocycles. The molecule has 0 unspecified atom stereocenters. The molecule has 0 saturated carbocycles. The van der Waals surface area contributed by atoms with Crippen molar-refractivity contribution in [2.24, 2.45) is 0 Å². The molecule has 0 atom stereocenters. The summed E-state index contributed by atoms with van der Waals surface area (Å²) < 4.78 is 0. The van der Waals surface area contributed by atoms with Gasteiger partial charge in [0.1, 0.15) is 5.76 Å². The maximum atomic E-state index is 10.2. The lowest BCUT2D eigenvalue weighted by molar-refractivity contribution is -0.133. The molecular weight excluding hydrogens is 164 g/mol. The second kappa shape index (κ2) is 4.17. The SMILES string of the molecule is C/C(=C/C(O)=C\C(=O)O)C(=O)O. The molecule has 3 N–H and O–H groups in total. The van der Waals surface area contributed by atoms with Crippen molar-refractivity contribution >= 4 is 11.9 Å². The van der Waals surface area contributed by atoms with Crippen LogP contribution < -0.4 is 0 Å². The summed E-state index contributed by atoms with van der Waals surface area (Å²) in [6.07, 6.45) is 1.36. The summed E-state index contributed by atoms with van der Waals surface area (Å²) in [4.78, 5) is 20.1. The molecule has 66 valence electrons. The van der Waals surface area contributed by atoms with E-state index in [0.717, 1.165) is 6.08 Å². The van der Waals surface area contributed by atoms with Crippen molar-refractivity contribution < 1.29 is 24.9 Å². The van der Waals surface area contributed by atoms with Crippen LogP contribution in [0, 0.1) is 0 Å². The van der Waals surface area contributed by atoms with Crippen LogP contribution in [0.25, 0.3) is 0 Å². The van der Waals surface area contributed by atoms with Gasteiger partial charge in [-0.3, -0.25) is 0 Å². The lowest BCUT2D eigenvalue weighted by Crippen LogP contribution is -1.97. The molecule has 0 aliphatic rings. The van der Waals surface area contributed by atoms with Crippen molar-refractivity contribution in [2.45, 2.75) is 6.92 Å². The number of hydrogen-bond acceptors (Lipinski definition) is 3. The first-order valence-corrected chi connectivity index (χ1v) is 2.98. The third kappa shape index (κ3) is 4.10. The zero-order valence-corrected chi connectivity index (χ0v) is 6.31. The van der Waals surface area contributed by atoms with Gasteiger partial charge in [0.15, 0.2) is 0 Å². The fraction of sp³-hybridized carbons (Fsp3) is 0.143. The minimum absolute atomic E-state index is 0.134. The van der Waals surface area contributed by atoms with Crippen molar-refractivity contribution in [3.8, 4) is 0 Å². The Morgan fingerprint density at radius 2 is 1.58 bits per heavy atom. The topological polar surface area (TPSA) is 94.8 Å². The maximum absolute atomic E-state index is 10.2. The van der Waals surface area contributed by atoms with E-state index in [4.69, 9.17) is 15.3 Å². The molecule has 0 spiro atoms. The molecule has 5 heteroatoms. The van der Waals surface area contributed by atoms with Gasteiger partial charge in [0.2, 0.25) is 0 Å². The molecule has 0 aromatic heterocycles. The molecule has 0 aliphatic carbocycles. The van der Waals surface area contributed by atoms with Crippen molar-refractivity contribution in [3.05, 3.63) is 23.5 Å². The summed E-state index contributed by atoms with van der Waals surface area (Å²) in [6, 6.07) is 0. The molecule has 0 bridgehead atoms. The Hall–Kier alpha value is -1.78. The summed E-state index contributed by atoms with van der Waals surface area (Å²) in [5.74, 6) is -3.13. The first kappa shape index (κ1) is 10.2. The third-order valence-electron chi connectivity index (χ3n) is 0.973. The molecule has 0 fully saturated rings. The van der Waals surface area contributed by atoms with Crippen LogP contribution in [0.15, 0.2) is 23.5 Å². The van der Waals surface area contributed by atoms with E-state index in [2.05, 4.69) is 0 Å². The summed E-state index contributed by atoms with van der Waals surface area (Å²) in [5, 5.41) is 25.2. The van der Waals surface area contributed by atoms with Gasteiger partial charge in [-0.2, -0.15) is 0 Å². The van der Waals surface area contributed by atoms with Gasteiger partial charge >= 0.3 is 11.9 Å². The number of aliphatic hydroxyl groups is 1. The number of rotatable bonds is 3. The quantitative estimate of drug-likeness (QED) is 0.328. The Bertz CT molecular complexity index is 261. The normalized spacial score (nSPS) is 12.8. The second-order valence-electron chi connectivity index (χ2n) is 2.04. The van der Waals surface area contributed by atoms with Crippen LogP contribution in [-0.2, 0) is 9.59 Å². The van der Waals surface area contributed by atoms with E-state index in [1.54, 1.807) is 0 Å². The summed E-state index contributed by atoms with van der Waals surface area (Å²) in [5.41, 5.74) is -0.134. The van der Waals surface area contributed by atoms with Gasteiger partial charge in [0, 0.05) is 5.57 Å². The molecule has 5 nitrogen and oxygen atoms in total. The van der Waals surface area contributed by atoms with Crippen LogP contribution >= 0.6 is 0 Å². The molecule has 0 heterocycles. The van der Waals surface area contributed by atoms with E-state index in [1.807, 2.05) is 0 Å². The van der Waals surface area contributed by atoms with Crippen LogP contribution in [0.4, 0.5) is 0 Å². The second-order valence-corrected chi connectivity index (χ2v) is 2.04. The van der Waals surface area contributed by atoms with Gasteiger partial charge < -0.3 is 15.3 Å². The van der Waals surface area contributed by atoms with Crippen LogP contribution in [0.2, 0.25) is 0 Å². The molecule has 12 heavy (non-hydrogen) atoms. The largest absolute Gasteiger partial charge is 0.508 e. The Labute approximate surface area is 68.3 Å². The highest BCUT2D eigenvalue weighted by Gasteiger charge is 2.01. The van der Waals surface area contributed by atoms with Gasteiger partial charge in [-0.15, -0.1) is 0 Å². The molecule has 0 aromatic carbocycles. The minimum atomic E-state index is -1.33. The highest BCUT2D eigenvalue weighted by molar-refractivity contribution is 5.87. The van der Waals surface area contributed by atoms with E-state index in [-0.39, 0.29) is 5.57 Å². The van der Waals surface area contributed by atoms with Gasteiger partial charge in [-0.05, 0) is 13.0 Å². The lowest BCUT2D eigenvalue weighted by Gasteiger charge is -1.91. The Morgan fingerprint density at radius 1 is 1.08 bits per heavy atom. The van der Waals surface area contributed by atoms with Crippen molar-refractivity contribution in [1.29, 1.82) is 0 Å². The average Bonchev–Trinajstić information content (AvgIpc) is 1.84. The van der Waals surface area contributed by atoms with Gasteiger partial charge in [0.05, 0.1) is 6.08 Å². The number of hydrogen-bond donors (Lipinski definition) is 3. The van der Waals surface area contributed by atoms with Gasteiger partial charge in [-0.1, -0.05) is 0 Å². The van der Waals surface area contributed by atoms with Crippen molar-refractivity contribution in [1.82, 2.24) is 0 Å². The molecule has 0 aromatic rings. The van der Waals surface area contributed by atoms with E-state index in [9.17, 15) is 9.59 Å². The van der Waals surface area contributed by atoms with E-state index >= 15 is 0 Å². The third-order valence-corrected chi connectivity index (χ3v) is 0.973. The molecule has 0 rings (SSSR count). The number of carboxylic acid groups (broad SMARTS) is 2. The van der Waals surface area contributed by atoms with Crippen LogP contribution in [0.1, 0.15) is 6.92 Å². The smallest absolute Gasteiger partial charge is 0.332 e. The number of carbonyl (C=O) groups is 2. The molecular formula is C7H8O5. The highest BCUT2D eigenvalue weighted by Crippen LogP contribution is 1.98. The van der Waals surface area contributed by atoms with Gasteiger partial charge in [-0.25, -0.2) is 9.59 Å². The van der Waals surface area contributed by atoms with E-state index in [1.165, 1.54) is 6.92 Å². The van der Waals surface area contributed by atoms with Crippen LogP contribution in [0.3, 0.4) is 0 Å². The van der Waals surface area contributed by atoms with Crippen molar-refractivity contribution in [2.75, 3.05) is 0 Å². The minimum Gasteiger partial charge on any atom is -0.508 e. The predicted octanol–water partition coefficient (Wildman–Crippen LogP) is 0.544. The predicted molar refractivity (Wildman–Crippen MR) is 39.7 cm³/mol. The summed E-state index contributed by atoms with van der Waals surface area (Å²) >= 11 is 0. The van der Waals surface area contributed by atoms with Crippen LogP contribution in [-0.4, -0.2) is 27.3 Å². The zero-order chi connectivity index (χ0) is 9.72. The number of carboxylic acids is 2. The number of aliphatic carboxylic acids is 2. The number of allylic oxidation sites excluding steroid dienone is 1. The first-order valence-electron chi connectivity index (χ1n) is 2.98. The van der Waals surface area contributed by atoms with E-state index < -0.39 is 17.7 Å². The fourth-order valence-corrected chi connectivity index (χ4v) is 0.452. The Balaban J connectivity index is 4.54. The van der Waals surface area contributed by atoms with Gasteiger partial charge in [0.25, 0.3) is 0 Å². The Morgan fingerprint density at radius 3 is 1.92 bits per heavy atom. The Kier molecular flexibility index (Phi) is 3.55. The fourth-order valence-electron chi connectivity index (χ4n) is 0.452. The highest BCUT2D eigenvalue weighted by atomic mass is 16.4. The zero-order valence-electron chi connectivity index (χ0n) is 6.31. The summed E-state index contributed by atoms with van der Waals surface area (Å²) in [6.45, 7) is 1.24. The van der Waals surface area contributed by atoms with Crippen molar-refractivity contribution in [3.63, 3.8) is 0 Å².